The molecule has 0 saturated heterocycles. The van der Waals surface area contributed by atoms with E-state index in [-0.39, 0.29) is 11.3 Å². The smallest absolute Gasteiger partial charge is 0.304 e. The first-order valence-electron chi connectivity index (χ1n) is 8.62. The van der Waals surface area contributed by atoms with E-state index in [1.54, 1.807) is 24.3 Å². The molecule has 1 unspecified atom stereocenters. The van der Waals surface area contributed by atoms with Gasteiger partial charge in [0.2, 0.25) is 0 Å². The molecule has 0 heterocycles. The molecule has 0 aromatic heterocycles. The molecule has 0 aliphatic carbocycles. The predicted molar refractivity (Wildman–Crippen MR) is 105 cm³/mol. The SMILES string of the molecule is O=C(O)CC(Cc1ccccc1)S(=O)(=O)c1ccc(-c2ccccc2)cc1. The molecule has 0 radical (unpaired) electrons. The fourth-order valence-corrected chi connectivity index (χ4v) is 4.70. The van der Waals surface area contributed by atoms with Crippen molar-refractivity contribution in [1.29, 1.82) is 0 Å². The summed E-state index contributed by atoms with van der Waals surface area (Å²) in [6.07, 6.45) is -0.270. The van der Waals surface area contributed by atoms with Crippen LogP contribution in [0.5, 0.6) is 0 Å². The minimum absolute atomic E-state index is 0.143. The average molecular weight is 380 g/mol. The van der Waals surface area contributed by atoms with Crippen molar-refractivity contribution in [2.24, 2.45) is 0 Å². The third-order valence-corrected chi connectivity index (χ3v) is 6.58. The van der Waals surface area contributed by atoms with Crippen LogP contribution in [0, 0.1) is 0 Å². The van der Waals surface area contributed by atoms with Crippen molar-refractivity contribution in [2.75, 3.05) is 0 Å². The van der Waals surface area contributed by atoms with Crippen LogP contribution in [-0.2, 0) is 21.1 Å². The summed E-state index contributed by atoms with van der Waals surface area (Å²) in [6.45, 7) is 0. The zero-order chi connectivity index (χ0) is 19.3. The summed E-state index contributed by atoms with van der Waals surface area (Å²) in [5.41, 5.74) is 2.70. The number of carbonyl (C=O) groups is 1. The van der Waals surface area contributed by atoms with Gasteiger partial charge in [0.1, 0.15) is 0 Å². The minimum Gasteiger partial charge on any atom is -0.481 e. The molecule has 0 aliphatic heterocycles. The van der Waals surface area contributed by atoms with Crippen molar-refractivity contribution in [2.45, 2.75) is 23.0 Å². The van der Waals surface area contributed by atoms with Gasteiger partial charge in [0.25, 0.3) is 0 Å². The normalized spacial score (nSPS) is 12.4. The van der Waals surface area contributed by atoms with Gasteiger partial charge < -0.3 is 5.11 Å². The molecule has 0 saturated carbocycles. The summed E-state index contributed by atoms with van der Waals surface area (Å²) in [4.78, 5) is 11.4. The molecular weight excluding hydrogens is 360 g/mol. The zero-order valence-electron chi connectivity index (χ0n) is 14.7. The summed E-state index contributed by atoms with van der Waals surface area (Å²) in [5, 5.41) is 8.19. The molecule has 3 aromatic rings. The highest BCUT2D eigenvalue weighted by atomic mass is 32.2. The molecule has 1 atom stereocenters. The monoisotopic (exact) mass is 380 g/mol. The Morgan fingerprint density at radius 1 is 0.778 bits per heavy atom. The van der Waals surface area contributed by atoms with E-state index in [4.69, 9.17) is 0 Å². The van der Waals surface area contributed by atoms with Gasteiger partial charge in [0, 0.05) is 0 Å². The Hall–Kier alpha value is -2.92. The van der Waals surface area contributed by atoms with Crippen molar-refractivity contribution in [3.05, 3.63) is 90.5 Å². The van der Waals surface area contributed by atoms with Crippen molar-refractivity contribution in [3.63, 3.8) is 0 Å². The van der Waals surface area contributed by atoms with Gasteiger partial charge in [-0.3, -0.25) is 4.79 Å². The Bertz CT molecular complexity index is 995. The molecule has 0 fully saturated rings. The van der Waals surface area contributed by atoms with Gasteiger partial charge in [0.05, 0.1) is 16.6 Å². The summed E-state index contributed by atoms with van der Waals surface area (Å²) < 4.78 is 26.1. The largest absolute Gasteiger partial charge is 0.481 e. The molecule has 0 amide bonds. The van der Waals surface area contributed by atoms with Crippen LogP contribution in [0.4, 0.5) is 0 Å². The van der Waals surface area contributed by atoms with Crippen LogP contribution >= 0.6 is 0 Å². The van der Waals surface area contributed by atoms with Crippen molar-refractivity contribution in [1.82, 2.24) is 0 Å². The van der Waals surface area contributed by atoms with Crippen LogP contribution in [-0.4, -0.2) is 24.7 Å². The van der Waals surface area contributed by atoms with E-state index in [0.717, 1.165) is 16.7 Å². The van der Waals surface area contributed by atoms with E-state index in [0.29, 0.717) is 0 Å². The van der Waals surface area contributed by atoms with Crippen LogP contribution in [0.25, 0.3) is 11.1 Å². The third kappa shape index (κ3) is 4.63. The maximum Gasteiger partial charge on any atom is 0.304 e. The first kappa shape index (κ1) is 18.9. The lowest BCUT2D eigenvalue weighted by Crippen LogP contribution is -2.27. The topological polar surface area (TPSA) is 71.4 Å². The molecular formula is C22H20O4S. The minimum atomic E-state index is -3.77. The molecule has 0 aliphatic rings. The zero-order valence-corrected chi connectivity index (χ0v) is 15.5. The van der Waals surface area contributed by atoms with Crippen LogP contribution in [0.3, 0.4) is 0 Å². The molecule has 27 heavy (non-hydrogen) atoms. The molecule has 138 valence electrons. The maximum absolute atomic E-state index is 13.1. The Labute approximate surface area is 159 Å². The van der Waals surface area contributed by atoms with Crippen molar-refractivity contribution in [3.8, 4) is 11.1 Å². The van der Waals surface area contributed by atoms with Gasteiger partial charge in [-0.25, -0.2) is 8.42 Å². The van der Waals surface area contributed by atoms with Crippen LogP contribution in [0.2, 0.25) is 0 Å². The highest BCUT2D eigenvalue weighted by molar-refractivity contribution is 7.92. The molecule has 3 rings (SSSR count). The van der Waals surface area contributed by atoms with E-state index < -0.39 is 27.5 Å². The quantitative estimate of drug-likeness (QED) is 0.666. The fourth-order valence-electron chi connectivity index (χ4n) is 3.02. The molecule has 0 bridgehead atoms. The first-order chi connectivity index (χ1) is 13.0. The lowest BCUT2D eigenvalue weighted by atomic mass is 10.1. The number of hydrogen-bond donors (Lipinski definition) is 1. The van der Waals surface area contributed by atoms with E-state index in [9.17, 15) is 18.3 Å². The summed E-state index contributed by atoms with van der Waals surface area (Å²) in [6, 6.07) is 25.4. The van der Waals surface area contributed by atoms with Crippen LogP contribution < -0.4 is 0 Å². The average Bonchev–Trinajstić information content (AvgIpc) is 2.69. The number of benzene rings is 3. The molecule has 3 aromatic carbocycles. The first-order valence-corrected chi connectivity index (χ1v) is 10.2. The third-order valence-electron chi connectivity index (χ3n) is 4.44. The summed E-state index contributed by atoms with van der Waals surface area (Å²) in [5.74, 6) is -1.12. The van der Waals surface area contributed by atoms with E-state index in [2.05, 4.69) is 0 Å². The number of carboxylic acid groups (broad SMARTS) is 1. The highest BCUT2D eigenvalue weighted by Crippen LogP contribution is 2.25. The van der Waals surface area contributed by atoms with Crippen LogP contribution in [0.1, 0.15) is 12.0 Å². The number of aliphatic carboxylic acids is 1. The lowest BCUT2D eigenvalue weighted by molar-refractivity contribution is -0.137. The van der Waals surface area contributed by atoms with E-state index >= 15 is 0 Å². The van der Waals surface area contributed by atoms with Gasteiger partial charge >= 0.3 is 5.97 Å². The van der Waals surface area contributed by atoms with Gasteiger partial charge in [-0.15, -0.1) is 0 Å². The highest BCUT2D eigenvalue weighted by Gasteiger charge is 2.30. The number of sulfone groups is 1. The Balaban J connectivity index is 1.90. The van der Waals surface area contributed by atoms with E-state index in [1.807, 2.05) is 60.7 Å². The second-order valence-electron chi connectivity index (χ2n) is 6.35. The van der Waals surface area contributed by atoms with E-state index in [1.165, 1.54) is 0 Å². The fraction of sp³-hybridized carbons (Fsp3) is 0.136. The number of rotatable bonds is 7. The van der Waals surface area contributed by atoms with Crippen molar-refractivity contribution >= 4 is 15.8 Å². The Morgan fingerprint density at radius 2 is 1.30 bits per heavy atom. The molecule has 5 heteroatoms. The second kappa shape index (κ2) is 8.18. The van der Waals surface area contributed by atoms with Gasteiger partial charge in [-0.2, -0.15) is 0 Å². The Kier molecular flexibility index (Phi) is 5.72. The second-order valence-corrected chi connectivity index (χ2v) is 8.57. The van der Waals surface area contributed by atoms with Crippen molar-refractivity contribution < 1.29 is 18.3 Å². The molecule has 1 N–H and O–H groups in total. The van der Waals surface area contributed by atoms with Gasteiger partial charge in [0.15, 0.2) is 9.84 Å². The Morgan fingerprint density at radius 3 is 1.85 bits per heavy atom. The molecule has 0 spiro atoms. The lowest BCUT2D eigenvalue weighted by Gasteiger charge is -2.16. The maximum atomic E-state index is 13.1. The number of carboxylic acids is 1. The number of hydrogen-bond acceptors (Lipinski definition) is 3. The van der Waals surface area contributed by atoms with Crippen LogP contribution in [0.15, 0.2) is 89.8 Å². The van der Waals surface area contributed by atoms with Gasteiger partial charge in [-0.1, -0.05) is 72.8 Å². The summed E-state index contributed by atoms with van der Waals surface area (Å²) >= 11 is 0. The molecule has 4 nitrogen and oxygen atoms in total. The standard InChI is InChI=1S/C22H20O4S/c23-22(24)16-21(15-17-7-3-1-4-8-17)27(25,26)20-13-11-19(12-14-20)18-9-5-2-6-10-18/h1-14,21H,15-16H2,(H,23,24). The predicted octanol–water partition coefficient (Wildman–Crippen LogP) is 4.21. The summed E-state index contributed by atoms with van der Waals surface area (Å²) in [7, 11) is -3.77. The van der Waals surface area contributed by atoms with Gasteiger partial charge in [-0.05, 0) is 35.2 Å².